The van der Waals surface area contributed by atoms with Crippen LogP contribution in [-0.2, 0) is 10.2 Å². The number of amidine groups is 1. The summed E-state index contributed by atoms with van der Waals surface area (Å²) in [4.78, 5) is 19.4. The highest BCUT2D eigenvalue weighted by Gasteiger charge is 2.76. The van der Waals surface area contributed by atoms with Crippen molar-refractivity contribution in [3.8, 4) is 0 Å². The summed E-state index contributed by atoms with van der Waals surface area (Å²) in [5.74, 6) is -5.06. The maximum atomic E-state index is 13.9. The number of aromatic nitrogens is 1. The summed E-state index contributed by atoms with van der Waals surface area (Å²) in [6.07, 6.45) is 3.22. The van der Waals surface area contributed by atoms with Crippen molar-refractivity contribution >= 4 is 17.4 Å². The zero-order valence-corrected chi connectivity index (χ0v) is 13.5. The molecular weight excluding hydrogens is 345 g/mol. The third kappa shape index (κ3) is 3.30. The quantitative estimate of drug-likeness (QED) is 0.488. The molecule has 1 aliphatic rings. The van der Waals surface area contributed by atoms with E-state index >= 15 is 0 Å². The number of anilines is 1. The number of benzene rings is 1. The lowest BCUT2D eigenvalue weighted by Gasteiger charge is -2.12. The zero-order chi connectivity index (χ0) is 18.8. The van der Waals surface area contributed by atoms with Crippen molar-refractivity contribution in [2.75, 3.05) is 5.32 Å². The minimum absolute atomic E-state index is 0.209. The first-order valence-corrected chi connectivity index (χ1v) is 7.72. The Morgan fingerprint density at radius 1 is 1.27 bits per heavy atom. The van der Waals surface area contributed by atoms with E-state index in [0.29, 0.717) is 5.69 Å². The molecule has 0 unspecified atom stereocenters. The number of nitrogens with two attached hydrogens (primary N) is 1. The normalized spacial score (nSPS) is 21.6. The van der Waals surface area contributed by atoms with Crippen molar-refractivity contribution in [3.05, 3.63) is 72.4 Å². The summed E-state index contributed by atoms with van der Waals surface area (Å²) >= 11 is 0. The van der Waals surface area contributed by atoms with Crippen LogP contribution in [-0.4, -0.2) is 22.6 Å². The summed E-state index contributed by atoms with van der Waals surface area (Å²) in [7, 11) is 0. The van der Waals surface area contributed by atoms with Crippen LogP contribution in [0.25, 0.3) is 0 Å². The average Bonchev–Trinajstić information content (AvgIpc) is 3.20. The molecule has 0 bridgehead atoms. The van der Waals surface area contributed by atoms with Gasteiger partial charge in [0, 0.05) is 30.6 Å². The number of carbonyl (C=O) groups excluding carboxylic acids is 1. The van der Waals surface area contributed by atoms with Crippen LogP contribution in [0.3, 0.4) is 0 Å². The Morgan fingerprint density at radius 2 is 1.96 bits per heavy atom. The van der Waals surface area contributed by atoms with Crippen molar-refractivity contribution in [2.45, 2.75) is 17.8 Å². The van der Waals surface area contributed by atoms with Crippen molar-refractivity contribution in [1.29, 1.82) is 0 Å². The number of amides is 1. The molecule has 1 aromatic carbocycles. The van der Waals surface area contributed by atoms with Crippen molar-refractivity contribution in [3.63, 3.8) is 0 Å². The number of hydrogen-bond acceptors (Lipinski definition) is 3. The summed E-state index contributed by atoms with van der Waals surface area (Å²) in [6, 6.07) is 10.5. The minimum Gasteiger partial charge on any atom is -0.384 e. The Labute approximate surface area is 147 Å². The molecule has 5 nitrogen and oxygen atoms in total. The summed E-state index contributed by atoms with van der Waals surface area (Å²) in [5.41, 5.74) is 4.28. The third-order valence-electron chi connectivity index (χ3n) is 4.08. The molecule has 3 N–H and O–H groups in total. The third-order valence-corrected chi connectivity index (χ3v) is 4.08. The van der Waals surface area contributed by atoms with E-state index in [1.54, 1.807) is 18.2 Å². The number of carbonyl (C=O) groups is 1. The first-order valence-electron chi connectivity index (χ1n) is 7.72. The molecule has 2 aromatic rings. The van der Waals surface area contributed by atoms with Crippen LogP contribution in [0.5, 0.6) is 0 Å². The fourth-order valence-corrected chi connectivity index (χ4v) is 2.65. The van der Waals surface area contributed by atoms with Crippen LogP contribution in [0.1, 0.15) is 12.0 Å². The van der Waals surface area contributed by atoms with Gasteiger partial charge in [-0.25, -0.2) is 13.8 Å². The predicted octanol–water partition coefficient (Wildman–Crippen LogP) is 3.01. The standard InChI is InChI=1S/C18H15F3N4O/c19-14-10-13(6-8-24-14)23-9-7-15(22)25-16(26)17(11-18(17,20)21)12-4-2-1-3-5-12/h1-10H,11H2,(H,23,24)(H2,22,25,26)/b9-7-/t17-/m1/s1. The minimum atomic E-state index is -3.16. The molecule has 8 heteroatoms. The molecule has 0 saturated heterocycles. The van der Waals surface area contributed by atoms with Gasteiger partial charge < -0.3 is 11.1 Å². The second-order valence-electron chi connectivity index (χ2n) is 5.84. The van der Waals surface area contributed by atoms with E-state index < -0.39 is 29.6 Å². The van der Waals surface area contributed by atoms with Crippen LogP contribution in [0.4, 0.5) is 18.9 Å². The van der Waals surface area contributed by atoms with Gasteiger partial charge in [-0.05, 0) is 17.7 Å². The van der Waals surface area contributed by atoms with Crippen molar-refractivity contribution in [2.24, 2.45) is 10.7 Å². The highest BCUT2D eigenvalue weighted by atomic mass is 19.3. The number of aliphatic imine (C=N–C) groups is 1. The van der Waals surface area contributed by atoms with Gasteiger partial charge in [0.2, 0.25) is 5.95 Å². The maximum Gasteiger partial charge on any atom is 0.268 e. The molecule has 1 amide bonds. The first-order chi connectivity index (χ1) is 12.3. The van der Waals surface area contributed by atoms with E-state index in [9.17, 15) is 18.0 Å². The maximum absolute atomic E-state index is 13.9. The van der Waals surface area contributed by atoms with Crippen LogP contribution >= 0.6 is 0 Å². The highest BCUT2D eigenvalue weighted by Crippen LogP contribution is 2.62. The molecule has 1 aliphatic carbocycles. The van der Waals surface area contributed by atoms with Crippen LogP contribution in [0.15, 0.2) is 65.9 Å². The van der Waals surface area contributed by atoms with Gasteiger partial charge in [0.25, 0.3) is 11.8 Å². The zero-order valence-electron chi connectivity index (χ0n) is 13.5. The fraction of sp³-hybridized carbons (Fsp3) is 0.167. The van der Waals surface area contributed by atoms with Gasteiger partial charge in [-0.2, -0.15) is 9.38 Å². The summed E-state index contributed by atoms with van der Waals surface area (Å²) < 4.78 is 40.9. The number of hydrogen-bond donors (Lipinski definition) is 2. The molecule has 1 aromatic heterocycles. The number of halogens is 3. The lowest BCUT2D eigenvalue weighted by atomic mass is 9.94. The second kappa shape index (κ2) is 6.62. The Kier molecular flexibility index (Phi) is 4.50. The lowest BCUT2D eigenvalue weighted by Crippen LogP contribution is -2.28. The van der Waals surface area contributed by atoms with Gasteiger partial charge in [0.15, 0.2) is 0 Å². The molecule has 0 spiro atoms. The SMILES string of the molecule is NC(/C=C\Nc1ccnc(F)c1)=NC(=O)[C@]1(c2ccccc2)CC1(F)F. The highest BCUT2D eigenvalue weighted by molar-refractivity contribution is 6.05. The van der Waals surface area contributed by atoms with Gasteiger partial charge in [-0.3, -0.25) is 4.79 Å². The number of nitrogens with zero attached hydrogens (tertiary/aromatic N) is 2. The predicted molar refractivity (Wildman–Crippen MR) is 91.3 cm³/mol. The Morgan fingerprint density at radius 3 is 2.58 bits per heavy atom. The second-order valence-corrected chi connectivity index (χ2v) is 5.84. The molecular formula is C18H15F3N4O. The van der Waals surface area contributed by atoms with Gasteiger partial charge in [-0.15, -0.1) is 0 Å². The molecule has 3 rings (SSSR count). The van der Waals surface area contributed by atoms with Crippen LogP contribution in [0.2, 0.25) is 0 Å². The Balaban J connectivity index is 1.74. The van der Waals surface area contributed by atoms with Crippen LogP contribution in [0, 0.1) is 5.95 Å². The van der Waals surface area contributed by atoms with E-state index in [-0.39, 0.29) is 11.4 Å². The van der Waals surface area contributed by atoms with E-state index in [4.69, 9.17) is 5.73 Å². The Hall–Kier alpha value is -3.16. The van der Waals surface area contributed by atoms with Crippen LogP contribution < -0.4 is 11.1 Å². The van der Waals surface area contributed by atoms with Gasteiger partial charge >= 0.3 is 0 Å². The van der Waals surface area contributed by atoms with Gasteiger partial charge in [0.05, 0.1) is 0 Å². The monoisotopic (exact) mass is 360 g/mol. The molecule has 1 saturated carbocycles. The smallest absolute Gasteiger partial charge is 0.268 e. The van der Waals surface area contributed by atoms with E-state index in [1.165, 1.54) is 36.7 Å². The Bertz CT molecular complexity index is 883. The van der Waals surface area contributed by atoms with E-state index in [0.717, 1.165) is 6.07 Å². The number of alkyl halides is 2. The number of nitrogens with one attached hydrogen (secondary N) is 1. The molecule has 1 heterocycles. The van der Waals surface area contributed by atoms with Gasteiger partial charge in [0.1, 0.15) is 11.3 Å². The lowest BCUT2D eigenvalue weighted by molar-refractivity contribution is -0.122. The topological polar surface area (TPSA) is 80.4 Å². The van der Waals surface area contributed by atoms with Gasteiger partial charge in [-0.1, -0.05) is 30.3 Å². The van der Waals surface area contributed by atoms with Crippen molar-refractivity contribution in [1.82, 2.24) is 4.98 Å². The van der Waals surface area contributed by atoms with E-state index in [1.807, 2.05) is 0 Å². The fourth-order valence-electron chi connectivity index (χ4n) is 2.65. The largest absolute Gasteiger partial charge is 0.384 e. The summed E-state index contributed by atoms with van der Waals surface area (Å²) in [6.45, 7) is 0. The van der Waals surface area contributed by atoms with E-state index in [2.05, 4.69) is 15.3 Å². The molecule has 134 valence electrons. The first kappa shape index (κ1) is 17.7. The molecule has 1 atom stereocenters. The number of rotatable bonds is 5. The molecule has 0 aliphatic heterocycles. The number of pyridine rings is 1. The molecule has 0 radical (unpaired) electrons. The average molecular weight is 360 g/mol. The summed E-state index contributed by atoms with van der Waals surface area (Å²) in [5, 5.41) is 2.71. The molecule has 26 heavy (non-hydrogen) atoms. The van der Waals surface area contributed by atoms with Crippen molar-refractivity contribution < 1.29 is 18.0 Å². The molecule has 1 fully saturated rings.